The Morgan fingerprint density at radius 1 is 1.18 bits per heavy atom. The van der Waals surface area contributed by atoms with Crippen LogP contribution in [0.3, 0.4) is 0 Å². The SMILES string of the molecule is CC(N)CCC(N)CF.Cl.Cl. The predicted octanol–water partition coefficient (Wildman–Crippen LogP) is 1.25. The third-order valence-corrected chi connectivity index (χ3v) is 1.19. The van der Waals surface area contributed by atoms with Gasteiger partial charge in [0.15, 0.2) is 0 Å². The van der Waals surface area contributed by atoms with Gasteiger partial charge in [-0.25, -0.2) is 4.39 Å². The van der Waals surface area contributed by atoms with Crippen molar-refractivity contribution in [1.29, 1.82) is 0 Å². The Morgan fingerprint density at radius 3 is 1.91 bits per heavy atom. The molecule has 4 N–H and O–H groups in total. The largest absolute Gasteiger partial charge is 0.328 e. The molecule has 0 radical (unpaired) electrons. The van der Waals surface area contributed by atoms with Crippen LogP contribution in [0.1, 0.15) is 19.8 Å². The molecular weight excluding hydrogens is 190 g/mol. The predicted molar refractivity (Wildman–Crippen MR) is 51.3 cm³/mol. The van der Waals surface area contributed by atoms with E-state index < -0.39 is 6.67 Å². The van der Waals surface area contributed by atoms with E-state index in [0.717, 1.165) is 6.42 Å². The topological polar surface area (TPSA) is 52.0 Å². The van der Waals surface area contributed by atoms with Gasteiger partial charge in [-0.15, -0.1) is 24.8 Å². The van der Waals surface area contributed by atoms with Crippen molar-refractivity contribution >= 4 is 24.8 Å². The van der Waals surface area contributed by atoms with E-state index in [2.05, 4.69) is 0 Å². The molecule has 0 saturated heterocycles. The molecule has 0 aromatic heterocycles. The van der Waals surface area contributed by atoms with Gasteiger partial charge in [-0.05, 0) is 19.8 Å². The smallest absolute Gasteiger partial charge is 0.104 e. The second kappa shape index (κ2) is 10.4. The summed E-state index contributed by atoms with van der Waals surface area (Å²) in [6, 6.07) is -0.168. The van der Waals surface area contributed by atoms with Crippen molar-refractivity contribution in [2.75, 3.05) is 6.67 Å². The third kappa shape index (κ3) is 13.4. The first kappa shape index (κ1) is 17.5. The summed E-state index contributed by atoms with van der Waals surface area (Å²) in [6.07, 6.45) is 1.50. The lowest BCUT2D eigenvalue weighted by Gasteiger charge is -2.07. The quantitative estimate of drug-likeness (QED) is 0.728. The Balaban J connectivity index is -0.000000320. The Labute approximate surface area is 79.7 Å². The number of halogens is 3. The Morgan fingerprint density at radius 2 is 1.64 bits per heavy atom. The van der Waals surface area contributed by atoms with Gasteiger partial charge in [-0.3, -0.25) is 0 Å². The maximum atomic E-state index is 11.7. The van der Waals surface area contributed by atoms with Crippen LogP contribution in [0.4, 0.5) is 4.39 Å². The molecule has 0 aromatic rings. The highest BCUT2D eigenvalue weighted by Crippen LogP contribution is 1.97. The van der Waals surface area contributed by atoms with Gasteiger partial charge in [-0.2, -0.15) is 0 Å². The summed E-state index contributed by atoms with van der Waals surface area (Å²) in [4.78, 5) is 0. The summed E-state index contributed by atoms with van der Waals surface area (Å²) in [5.74, 6) is 0. The normalized spacial score (nSPS) is 14.2. The zero-order valence-corrected chi connectivity index (χ0v) is 8.26. The lowest BCUT2D eigenvalue weighted by molar-refractivity contribution is 0.400. The first-order valence-corrected chi connectivity index (χ1v) is 3.24. The Hall–Kier alpha value is 0.430. The van der Waals surface area contributed by atoms with Gasteiger partial charge in [0.25, 0.3) is 0 Å². The highest BCUT2D eigenvalue weighted by atomic mass is 35.5. The van der Waals surface area contributed by atoms with Gasteiger partial charge in [0.1, 0.15) is 6.67 Å². The molecular formula is C6H17Cl2FN2. The Kier molecular flexibility index (Phi) is 16.6. The van der Waals surface area contributed by atoms with Crippen molar-refractivity contribution in [1.82, 2.24) is 0 Å². The summed E-state index contributed by atoms with van der Waals surface area (Å²) in [6.45, 7) is 1.46. The molecule has 0 bridgehead atoms. The zero-order chi connectivity index (χ0) is 7.28. The molecule has 0 aliphatic heterocycles. The van der Waals surface area contributed by atoms with Crippen molar-refractivity contribution in [3.05, 3.63) is 0 Å². The Bertz CT molecular complexity index is 73.6. The average molecular weight is 207 g/mol. The number of nitrogens with two attached hydrogens (primary N) is 2. The van der Waals surface area contributed by atoms with E-state index in [0.29, 0.717) is 6.42 Å². The van der Waals surface area contributed by atoms with Gasteiger partial charge in [0, 0.05) is 12.1 Å². The second-order valence-electron chi connectivity index (χ2n) is 2.47. The minimum absolute atomic E-state index is 0. The van der Waals surface area contributed by atoms with Crippen LogP contribution in [0, 0.1) is 0 Å². The van der Waals surface area contributed by atoms with Crippen molar-refractivity contribution in [3.63, 3.8) is 0 Å². The highest BCUT2D eigenvalue weighted by Gasteiger charge is 2.01. The number of rotatable bonds is 4. The number of hydrogen-bond acceptors (Lipinski definition) is 2. The molecule has 0 fully saturated rings. The first-order chi connectivity index (χ1) is 4.16. The maximum absolute atomic E-state index is 11.7. The fraction of sp³-hybridized carbons (Fsp3) is 1.00. The highest BCUT2D eigenvalue weighted by molar-refractivity contribution is 5.85. The molecule has 0 amide bonds. The van der Waals surface area contributed by atoms with Crippen LogP contribution in [0.5, 0.6) is 0 Å². The van der Waals surface area contributed by atoms with Crippen LogP contribution < -0.4 is 11.5 Å². The minimum atomic E-state index is -0.438. The van der Waals surface area contributed by atoms with Crippen LogP contribution in [-0.2, 0) is 0 Å². The first-order valence-electron chi connectivity index (χ1n) is 3.24. The molecule has 72 valence electrons. The standard InChI is InChI=1S/C6H15FN2.2ClH/c1-5(8)2-3-6(9)4-7;;/h5-6H,2-4,8-9H2,1H3;2*1H. The van der Waals surface area contributed by atoms with E-state index in [1.807, 2.05) is 6.92 Å². The average Bonchev–Trinajstić information content (AvgIpc) is 1.83. The summed E-state index contributed by atoms with van der Waals surface area (Å²) < 4.78 is 11.7. The van der Waals surface area contributed by atoms with Gasteiger partial charge >= 0.3 is 0 Å². The van der Waals surface area contributed by atoms with Gasteiger partial charge < -0.3 is 11.5 Å². The van der Waals surface area contributed by atoms with Crippen LogP contribution in [0.2, 0.25) is 0 Å². The monoisotopic (exact) mass is 206 g/mol. The summed E-state index contributed by atoms with van der Waals surface area (Å²) in [7, 11) is 0. The lowest BCUT2D eigenvalue weighted by Crippen LogP contribution is -2.25. The molecule has 0 aromatic carbocycles. The molecule has 11 heavy (non-hydrogen) atoms. The van der Waals surface area contributed by atoms with E-state index >= 15 is 0 Å². The van der Waals surface area contributed by atoms with E-state index in [1.54, 1.807) is 0 Å². The van der Waals surface area contributed by atoms with Crippen molar-refractivity contribution < 1.29 is 4.39 Å². The summed E-state index contributed by atoms with van der Waals surface area (Å²) in [5.41, 5.74) is 10.7. The van der Waals surface area contributed by atoms with Gasteiger partial charge in [-0.1, -0.05) is 0 Å². The fourth-order valence-electron chi connectivity index (χ4n) is 0.554. The van der Waals surface area contributed by atoms with E-state index in [9.17, 15) is 4.39 Å². The van der Waals surface area contributed by atoms with Crippen molar-refractivity contribution in [2.45, 2.75) is 31.8 Å². The molecule has 0 saturated carbocycles. The van der Waals surface area contributed by atoms with Crippen LogP contribution in [-0.4, -0.2) is 18.8 Å². The van der Waals surface area contributed by atoms with E-state index in [1.165, 1.54) is 0 Å². The minimum Gasteiger partial charge on any atom is -0.328 e. The van der Waals surface area contributed by atoms with Crippen LogP contribution in [0.25, 0.3) is 0 Å². The maximum Gasteiger partial charge on any atom is 0.104 e. The third-order valence-electron chi connectivity index (χ3n) is 1.19. The number of hydrogen-bond donors (Lipinski definition) is 2. The van der Waals surface area contributed by atoms with Crippen molar-refractivity contribution in [3.8, 4) is 0 Å². The molecule has 0 spiro atoms. The molecule has 5 heteroatoms. The molecule has 2 nitrogen and oxygen atoms in total. The molecule has 0 heterocycles. The van der Waals surface area contributed by atoms with Crippen LogP contribution in [0.15, 0.2) is 0 Å². The number of alkyl halides is 1. The van der Waals surface area contributed by atoms with Gasteiger partial charge in [0.2, 0.25) is 0 Å². The summed E-state index contributed by atoms with van der Waals surface area (Å²) >= 11 is 0. The molecule has 2 unspecified atom stereocenters. The van der Waals surface area contributed by atoms with Gasteiger partial charge in [0.05, 0.1) is 0 Å². The van der Waals surface area contributed by atoms with Crippen LogP contribution >= 0.6 is 24.8 Å². The lowest BCUT2D eigenvalue weighted by atomic mass is 10.1. The fourth-order valence-corrected chi connectivity index (χ4v) is 0.554. The molecule has 0 aliphatic rings. The molecule has 2 atom stereocenters. The van der Waals surface area contributed by atoms with E-state index in [-0.39, 0.29) is 36.9 Å². The molecule has 0 rings (SSSR count). The van der Waals surface area contributed by atoms with E-state index in [4.69, 9.17) is 11.5 Å². The molecule has 0 aliphatic carbocycles. The second-order valence-corrected chi connectivity index (χ2v) is 2.47. The zero-order valence-electron chi connectivity index (χ0n) is 6.63. The summed E-state index contributed by atoms with van der Waals surface area (Å²) in [5, 5.41) is 0. The van der Waals surface area contributed by atoms with Crippen molar-refractivity contribution in [2.24, 2.45) is 11.5 Å².